The third-order valence-electron chi connectivity index (χ3n) is 6.51. The van der Waals surface area contributed by atoms with E-state index in [4.69, 9.17) is 20.3 Å². The van der Waals surface area contributed by atoms with Gasteiger partial charge in [0.25, 0.3) is 0 Å². The minimum Gasteiger partial charge on any atom is -0.475 e. The van der Waals surface area contributed by atoms with E-state index in [1.165, 1.54) is 11.3 Å². The molecule has 0 aliphatic carbocycles. The zero-order valence-electron chi connectivity index (χ0n) is 20.9. The summed E-state index contributed by atoms with van der Waals surface area (Å²) in [7, 11) is 1.99. The summed E-state index contributed by atoms with van der Waals surface area (Å²) in [5, 5.41) is 8.42. The molecular formula is C25H28N8O3S. The van der Waals surface area contributed by atoms with Crippen molar-refractivity contribution in [1.82, 2.24) is 19.6 Å². The Bertz CT molecular complexity index is 1530. The van der Waals surface area contributed by atoms with Crippen LogP contribution in [0.1, 0.15) is 19.4 Å². The van der Waals surface area contributed by atoms with Gasteiger partial charge in [-0.15, -0.1) is 16.4 Å². The van der Waals surface area contributed by atoms with E-state index < -0.39 is 6.09 Å². The number of aryl methyl sites for hydroxylation is 1. The van der Waals surface area contributed by atoms with E-state index in [-0.39, 0.29) is 11.5 Å². The molecule has 5 heterocycles. The maximum Gasteiger partial charge on any atom is 0.430 e. The van der Waals surface area contributed by atoms with Crippen LogP contribution in [0, 0.1) is 0 Å². The zero-order chi connectivity index (χ0) is 25.7. The first-order valence-electron chi connectivity index (χ1n) is 12.1. The Labute approximate surface area is 217 Å². The van der Waals surface area contributed by atoms with Crippen LogP contribution in [0.2, 0.25) is 0 Å². The number of carbonyl (C=O) groups excluding carboxylic acids is 1. The first-order valence-corrected chi connectivity index (χ1v) is 13.0. The first-order chi connectivity index (χ1) is 17.8. The van der Waals surface area contributed by atoms with Gasteiger partial charge < -0.3 is 24.8 Å². The van der Waals surface area contributed by atoms with Crippen LogP contribution in [-0.4, -0.2) is 69.9 Å². The predicted molar refractivity (Wildman–Crippen MR) is 145 cm³/mol. The summed E-state index contributed by atoms with van der Waals surface area (Å²) in [6, 6.07) is 7.77. The van der Waals surface area contributed by atoms with Crippen molar-refractivity contribution in [3.8, 4) is 0 Å². The van der Waals surface area contributed by atoms with Gasteiger partial charge in [0, 0.05) is 48.3 Å². The van der Waals surface area contributed by atoms with Crippen LogP contribution in [0.15, 0.2) is 40.8 Å². The lowest BCUT2D eigenvalue weighted by molar-refractivity contribution is -0.0966. The molecule has 3 N–H and O–H groups in total. The molecule has 0 saturated carbocycles. The summed E-state index contributed by atoms with van der Waals surface area (Å²) in [6.07, 6.45) is 1.47. The van der Waals surface area contributed by atoms with Crippen LogP contribution in [0.5, 0.6) is 0 Å². The Kier molecular flexibility index (Phi) is 5.64. The normalized spacial score (nSPS) is 17.7. The van der Waals surface area contributed by atoms with E-state index in [2.05, 4.69) is 20.2 Å². The van der Waals surface area contributed by atoms with Gasteiger partial charge >= 0.3 is 6.09 Å². The van der Waals surface area contributed by atoms with Crippen molar-refractivity contribution in [2.24, 2.45) is 12.0 Å². The molecule has 0 bridgehead atoms. The molecule has 0 spiro atoms. The average Bonchev–Trinajstić information content (AvgIpc) is 3.55. The molecule has 2 aliphatic heterocycles. The van der Waals surface area contributed by atoms with Crippen molar-refractivity contribution >= 4 is 61.9 Å². The number of thiophene rings is 1. The molecular weight excluding hydrogens is 492 g/mol. The number of hydrogen-bond acceptors (Lipinski definition) is 10. The lowest BCUT2D eigenvalue weighted by atomic mass is 10.1. The van der Waals surface area contributed by atoms with Gasteiger partial charge in [-0.1, -0.05) is 0 Å². The third-order valence-corrected chi connectivity index (χ3v) is 7.38. The third kappa shape index (κ3) is 4.53. The standard InChI is InChI=1S/C25H28N8O3S/c1-25(2)14-35-21(30-25)17-13-37-22-19(17)20(28-23(26)29-22)32-8-10-33(11-9-32)36-24(34)27-16-4-5-18-15(12-16)6-7-31(18)3/h4-7,12-13H,8-11,14H2,1-3H3,(H,27,34)(H2,26,28,29). The lowest BCUT2D eigenvalue weighted by Crippen LogP contribution is -2.47. The van der Waals surface area contributed by atoms with Gasteiger partial charge in [0.05, 0.1) is 29.6 Å². The maximum absolute atomic E-state index is 12.5. The molecule has 0 atom stereocenters. The summed E-state index contributed by atoms with van der Waals surface area (Å²) >= 11 is 1.50. The zero-order valence-corrected chi connectivity index (χ0v) is 21.7. The van der Waals surface area contributed by atoms with E-state index in [1.54, 1.807) is 5.06 Å². The second kappa shape index (κ2) is 8.89. The Hall–Kier alpha value is -3.90. The number of fused-ring (bicyclic) bond motifs is 2. The van der Waals surface area contributed by atoms with E-state index in [0.717, 1.165) is 32.5 Å². The number of hydroxylamine groups is 2. The molecule has 11 nitrogen and oxygen atoms in total. The van der Waals surface area contributed by atoms with Crippen molar-refractivity contribution in [2.75, 3.05) is 48.7 Å². The van der Waals surface area contributed by atoms with E-state index in [0.29, 0.717) is 44.4 Å². The van der Waals surface area contributed by atoms with Crippen LogP contribution in [-0.2, 0) is 16.6 Å². The lowest BCUT2D eigenvalue weighted by Gasteiger charge is -2.34. The van der Waals surface area contributed by atoms with E-state index in [1.807, 2.05) is 61.3 Å². The molecule has 2 aliphatic rings. The van der Waals surface area contributed by atoms with Crippen LogP contribution in [0.3, 0.4) is 0 Å². The average molecular weight is 521 g/mol. The van der Waals surface area contributed by atoms with Gasteiger partial charge in [0.2, 0.25) is 11.8 Å². The Morgan fingerprint density at radius 1 is 1.19 bits per heavy atom. The number of nitrogens with two attached hydrogens (primary N) is 1. The van der Waals surface area contributed by atoms with E-state index >= 15 is 0 Å². The van der Waals surface area contributed by atoms with E-state index in [9.17, 15) is 4.79 Å². The topological polar surface area (TPSA) is 123 Å². The largest absolute Gasteiger partial charge is 0.475 e. The number of aromatic nitrogens is 3. The van der Waals surface area contributed by atoms with Gasteiger partial charge in [-0.2, -0.15) is 4.98 Å². The molecule has 6 rings (SSSR count). The Morgan fingerprint density at radius 3 is 2.76 bits per heavy atom. The summed E-state index contributed by atoms with van der Waals surface area (Å²) in [4.78, 5) is 34.8. The molecule has 192 valence electrons. The summed E-state index contributed by atoms with van der Waals surface area (Å²) in [5.41, 5.74) is 8.44. The number of hydrogen-bond donors (Lipinski definition) is 2. The Morgan fingerprint density at radius 2 is 2.00 bits per heavy atom. The highest BCUT2D eigenvalue weighted by Gasteiger charge is 2.31. The highest BCUT2D eigenvalue weighted by molar-refractivity contribution is 7.17. The second-order valence-corrected chi connectivity index (χ2v) is 10.7. The van der Waals surface area contributed by atoms with Gasteiger partial charge in [-0.3, -0.25) is 5.32 Å². The van der Waals surface area contributed by atoms with Crippen molar-refractivity contribution in [3.05, 3.63) is 41.4 Å². The highest BCUT2D eigenvalue weighted by atomic mass is 32.1. The summed E-state index contributed by atoms with van der Waals surface area (Å²) in [6.45, 7) is 6.84. The first kappa shape index (κ1) is 23.5. The van der Waals surface area contributed by atoms with Crippen molar-refractivity contribution < 1.29 is 14.4 Å². The SMILES string of the molecule is Cn1ccc2cc(NC(=O)ON3CCN(c4nc(N)nc5scc(C6=NC(C)(C)CO6)c45)CC3)ccc21. The van der Waals surface area contributed by atoms with Crippen molar-refractivity contribution in [1.29, 1.82) is 0 Å². The molecule has 12 heteroatoms. The number of nitrogen functional groups attached to an aromatic ring is 1. The van der Waals surface area contributed by atoms with Crippen molar-refractivity contribution in [3.63, 3.8) is 0 Å². The number of piperazine rings is 1. The highest BCUT2D eigenvalue weighted by Crippen LogP contribution is 2.35. The van der Waals surface area contributed by atoms with Crippen molar-refractivity contribution in [2.45, 2.75) is 19.4 Å². The minimum atomic E-state index is -0.517. The molecule has 1 fully saturated rings. The number of ether oxygens (including phenoxy) is 1. The number of benzene rings is 1. The second-order valence-electron chi connectivity index (χ2n) is 9.87. The number of anilines is 3. The molecule has 1 saturated heterocycles. The Balaban J connectivity index is 1.14. The fourth-order valence-corrected chi connectivity index (χ4v) is 5.57. The molecule has 1 amide bonds. The smallest absolute Gasteiger partial charge is 0.430 e. The molecule has 4 aromatic rings. The molecule has 3 aromatic heterocycles. The molecule has 0 radical (unpaired) electrons. The maximum atomic E-state index is 12.5. The minimum absolute atomic E-state index is 0.221. The van der Waals surface area contributed by atoms with Gasteiger partial charge in [0.1, 0.15) is 17.3 Å². The number of amides is 1. The fourth-order valence-electron chi connectivity index (χ4n) is 4.66. The monoisotopic (exact) mass is 520 g/mol. The van der Waals surface area contributed by atoms with Gasteiger partial charge in [-0.25, -0.2) is 14.8 Å². The number of nitrogens with zero attached hydrogens (tertiary/aromatic N) is 6. The molecule has 1 aromatic carbocycles. The van der Waals surface area contributed by atoms with Crippen LogP contribution >= 0.6 is 11.3 Å². The predicted octanol–water partition coefficient (Wildman–Crippen LogP) is 3.61. The molecule has 0 unspecified atom stereocenters. The number of nitrogens with one attached hydrogen (secondary N) is 1. The van der Waals surface area contributed by atoms with Crippen LogP contribution in [0.25, 0.3) is 21.1 Å². The molecule has 37 heavy (non-hydrogen) atoms. The number of carbonyl (C=O) groups is 1. The summed E-state index contributed by atoms with van der Waals surface area (Å²) in [5.74, 6) is 1.58. The van der Waals surface area contributed by atoms with Gasteiger partial charge in [-0.05, 0) is 38.1 Å². The van der Waals surface area contributed by atoms with Gasteiger partial charge in [0.15, 0.2) is 0 Å². The summed E-state index contributed by atoms with van der Waals surface area (Å²) < 4.78 is 7.94. The number of rotatable bonds is 4. The van der Waals surface area contributed by atoms with Crippen LogP contribution in [0.4, 0.5) is 22.2 Å². The quantitative estimate of drug-likeness (QED) is 0.418. The number of aliphatic imine (C=N–C) groups is 1. The van der Waals surface area contributed by atoms with Crippen LogP contribution < -0.4 is 16.0 Å². The fraction of sp³-hybridized carbons (Fsp3) is 0.360.